The number of nitrogens with one attached hydrogen (secondary N) is 1. The number of methoxy groups -OCH3 is 1. The van der Waals surface area contributed by atoms with E-state index in [-0.39, 0.29) is 6.04 Å². The number of piperidine rings is 1. The van der Waals surface area contributed by atoms with E-state index in [1.165, 1.54) is 24.1 Å². The van der Waals surface area contributed by atoms with Crippen molar-refractivity contribution in [2.75, 3.05) is 46.2 Å². The molecule has 1 saturated heterocycles. The topological polar surface area (TPSA) is 27.7 Å². The highest BCUT2D eigenvalue weighted by Crippen LogP contribution is 2.35. The number of rotatable bonds is 5. The van der Waals surface area contributed by atoms with E-state index in [1.54, 1.807) is 7.11 Å². The van der Waals surface area contributed by atoms with Crippen LogP contribution in [0.5, 0.6) is 5.75 Å². The first kappa shape index (κ1) is 16.1. The van der Waals surface area contributed by atoms with Crippen molar-refractivity contribution < 1.29 is 4.74 Å². The summed E-state index contributed by atoms with van der Waals surface area (Å²) in [6.07, 6.45) is 2.44. The van der Waals surface area contributed by atoms with Crippen molar-refractivity contribution in [1.82, 2.24) is 10.2 Å². The van der Waals surface area contributed by atoms with Gasteiger partial charge in [0.25, 0.3) is 0 Å². The highest BCUT2D eigenvalue weighted by atomic mass is 16.5. The zero-order chi connectivity index (χ0) is 15.4. The smallest absolute Gasteiger partial charge is 0.125 e. The van der Waals surface area contributed by atoms with Crippen LogP contribution in [-0.4, -0.2) is 52.3 Å². The van der Waals surface area contributed by atoms with Crippen LogP contribution in [0.25, 0.3) is 0 Å². The van der Waals surface area contributed by atoms with Gasteiger partial charge in [0.2, 0.25) is 0 Å². The molecule has 1 fully saturated rings. The molecule has 1 aliphatic heterocycles. The van der Waals surface area contributed by atoms with Crippen molar-refractivity contribution in [1.29, 1.82) is 0 Å². The Kier molecular flexibility index (Phi) is 5.48. The summed E-state index contributed by atoms with van der Waals surface area (Å²) in [5.74, 6) is 0.976. The lowest BCUT2D eigenvalue weighted by atomic mass is 9.99. The third-order valence-corrected chi connectivity index (χ3v) is 4.66. The number of nitrogens with zero attached hydrogens (tertiary/aromatic N) is 2. The maximum absolute atomic E-state index is 5.58. The molecule has 118 valence electrons. The Morgan fingerprint density at radius 2 is 1.95 bits per heavy atom. The maximum atomic E-state index is 5.58. The second-order valence-corrected chi connectivity index (χ2v) is 6.09. The number of hydrogen-bond acceptors (Lipinski definition) is 4. The minimum absolute atomic E-state index is 0.280. The maximum Gasteiger partial charge on any atom is 0.125 e. The van der Waals surface area contributed by atoms with Crippen LogP contribution in [0, 0.1) is 0 Å². The molecule has 1 aliphatic rings. The van der Waals surface area contributed by atoms with Crippen LogP contribution in [0.15, 0.2) is 18.2 Å². The Morgan fingerprint density at radius 1 is 1.29 bits per heavy atom. The molecule has 0 aromatic heterocycles. The van der Waals surface area contributed by atoms with E-state index in [1.807, 2.05) is 7.05 Å². The van der Waals surface area contributed by atoms with Crippen molar-refractivity contribution in [3.8, 4) is 5.75 Å². The first-order valence-electron chi connectivity index (χ1n) is 7.84. The highest BCUT2D eigenvalue weighted by molar-refractivity contribution is 5.61. The molecule has 0 spiro atoms. The van der Waals surface area contributed by atoms with Gasteiger partial charge in [-0.2, -0.15) is 0 Å². The van der Waals surface area contributed by atoms with Crippen molar-refractivity contribution in [3.05, 3.63) is 23.8 Å². The zero-order valence-corrected chi connectivity index (χ0v) is 14.0. The van der Waals surface area contributed by atoms with Crippen LogP contribution in [0.2, 0.25) is 0 Å². The minimum atomic E-state index is 0.280. The average Bonchev–Trinajstić information content (AvgIpc) is 2.53. The van der Waals surface area contributed by atoms with Gasteiger partial charge in [0.15, 0.2) is 0 Å². The van der Waals surface area contributed by atoms with Gasteiger partial charge in [-0.25, -0.2) is 0 Å². The normalized spacial score (nSPS) is 18.1. The number of ether oxygens (including phenoxy) is 1. The second kappa shape index (κ2) is 7.14. The van der Waals surface area contributed by atoms with Crippen LogP contribution < -0.4 is 15.0 Å². The molecule has 21 heavy (non-hydrogen) atoms. The molecular weight excluding hydrogens is 262 g/mol. The Balaban J connectivity index is 2.24. The van der Waals surface area contributed by atoms with Gasteiger partial charge in [-0.3, -0.25) is 0 Å². The van der Waals surface area contributed by atoms with Crippen LogP contribution in [0.3, 0.4) is 0 Å². The fourth-order valence-corrected chi connectivity index (χ4v) is 3.19. The zero-order valence-electron chi connectivity index (χ0n) is 14.0. The van der Waals surface area contributed by atoms with Gasteiger partial charge < -0.3 is 19.9 Å². The molecule has 4 nitrogen and oxygen atoms in total. The van der Waals surface area contributed by atoms with Crippen molar-refractivity contribution in [2.45, 2.75) is 31.8 Å². The summed E-state index contributed by atoms with van der Waals surface area (Å²) in [7, 11) is 8.11. The molecule has 1 atom stereocenters. The van der Waals surface area contributed by atoms with E-state index < -0.39 is 0 Å². The number of anilines is 1. The monoisotopic (exact) mass is 291 g/mol. The van der Waals surface area contributed by atoms with Gasteiger partial charge in [0, 0.05) is 36.4 Å². The lowest BCUT2D eigenvalue weighted by molar-refractivity contribution is 0.249. The summed E-state index contributed by atoms with van der Waals surface area (Å²) in [6, 6.07) is 7.36. The van der Waals surface area contributed by atoms with Crippen LogP contribution in [0.1, 0.15) is 31.4 Å². The Hall–Kier alpha value is -1.26. The molecule has 1 N–H and O–H groups in total. The second-order valence-electron chi connectivity index (χ2n) is 6.09. The summed E-state index contributed by atoms with van der Waals surface area (Å²) in [4.78, 5) is 4.85. The minimum Gasteiger partial charge on any atom is -0.496 e. The number of hydrogen-bond donors (Lipinski definition) is 1. The molecule has 1 aromatic rings. The van der Waals surface area contributed by atoms with Crippen LogP contribution in [-0.2, 0) is 0 Å². The molecule has 1 heterocycles. The standard InChI is InChI=1S/C17H29N3O/c1-13(18-2)17-15(7-6-8-16(17)21-5)20-11-9-14(10-12-20)19(3)4/h6-8,13-14,18H,9-12H2,1-5H3. The Morgan fingerprint density at radius 3 is 2.48 bits per heavy atom. The predicted octanol–water partition coefficient (Wildman–Crippen LogP) is 2.51. The van der Waals surface area contributed by atoms with E-state index in [4.69, 9.17) is 4.74 Å². The first-order valence-corrected chi connectivity index (χ1v) is 7.84. The molecule has 0 radical (unpaired) electrons. The van der Waals surface area contributed by atoms with E-state index in [0.717, 1.165) is 18.8 Å². The Labute approximate surface area is 129 Å². The SMILES string of the molecule is CNC(C)c1c(OC)cccc1N1CCC(N(C)C)CC1. The van der Waals surface area contributed by atoms with Gasteiger partial charge in [-0.05, 0) is 53.0 Å². The largest absolute Gasteiger partial charge is 0.496 e. The van der Waals surface area contributed by atoms with Crippen molar-refractivity contribution >= 4 is 5.69 Å². The highest BCUT2D eigenvalue weighted by Gasteiger charge is 2.24. The third-order valence-electron chi connectivity index (χ3n) is 4.66. The summed E-state index contributed by atoms with van der Waals surface area (Å²) in [5, 5.41) is 3.35. The molecule has 0 aliphatic carbocycles. The predicted molar refractivity (Wildman–Crippen MR) is 89.4 cm³/mol. The molecule has 4 heteroatoms. The molecular formula is C17H29N3O. The van der Waals surface area contributed by atoms with E-state index in [2.05, 4.69) is 54.3 Å². The van der Waals surface area contributed by atoms with E-state index in [0.29, 0.717) is 6.04 Å². The van der Waals surface area contributed by atoms with Crippen LogP contribution in [0.4, 0.5) is 5.69 Å². The van der Waals surface area contributed by atoms with Crippen LogP contribution >= 0.6 is 0 Å². The summed E-state index contributed by atoms with van der Waals surface area (Å²) < 4.78 is 5.58. The lowest BCUT2D eigenvalue weighted by Gasteiger charge is -2.38. The molecule has 2 rings (SSSR count). The van der Waals surface area contributed by atoms with Crippen molar-refractivity contribution in [2.24, 2.45) is 0 Å². The van der Waals surface area contributed by atoms with Gasteiger partial charge in [0.1, 0.15) is 5.75 Å². The molecule has 0 amide bonds. The van der Waals surface area contributed by atoms with Crippen molar-refractivity contribution in [3.63, 3.8) is 0 Å². The summed E-state index contributed by atoms with van der Waals surface area (Å²) >= 11 is 0. The molecule has 1 unspecified atom stereocenters. The molecule has 0 saturated carbocycles. The summed E-state index contributed by atoms with van der Waals surface area (Å²) in [5.41, 5.74) is 2.58. The van der Waals surface area contributed by atoms with Gasteiger partial charge in [-0.1, -0.05) is 6.07 Å². The van der Waals surface area contributed by atoms with Gasteiger partial charge >= 0.3 is 0 Å². The number of benzene rings is 1. The first-order chi connectivity index (χ1) is 10.1. The van der Waals surface area contributed by atoms with E-state index in [9.17, 15) is 0 Å². The Bertz CT molecular complexity index is 453. The van der Waals surface area contributed by atoms with Gasteiger partial charge in [0.05, 0.1) is 7.11 Å². The lowest BCUT2D eigenvalue weighted by Crippen LogP contribution is -2.42. The fourth-order valence-electron chi connectivity index (χ4n) is 3.19. The average molecular weight is 291 g/mol. The van der Waals surface area contributed by atoms with E-state index >= 15 is 0 Å². The summed E-state index contributed by atoms with van der Waals surface area (Å²) in [6.45, 7) is 4.41. The quantitative estimate of drug-likeness (QED) is 0.902. The fraction of sp³-hybridized carbons (Fsp3) is 0.647. The molecule has 0 bridgehead atoms. The third kappa shape index (κ3) is 3.50. The van der Waals surface area contributed by atoms with Gasteiger partial charge in [-0.15, -0.1) is 0 Å². The molecule has 1 aromatic carbocycles.